The van der Waals surface area contributed by atoms with Gasteiger partial charge in [-0.2, -0.15) is 11.8 Å². The van der Waals surface area contributed by atoms with E-state index in [0.29, 0.717) is 96.0 Å². The normalized spacial score (nSPS) is 16.9. The van der Waals surface area contributed by atoms with Crippen molar-refractivity contribution < 1.29 is 57.3 Å². The molecule has 2 atom stereocenters. The van der Waals surface area contributed by atoms with Crippen LogP contribution < -0.4 is 16.8 Å². The van der Waals surface area contributed by atoms with Gasteiger partial charge in [0.2, 0.25) is 11.8 Å². The smallest absolute Gasteiger partial charge is 0.329 e. The Morgan fingerprint density at radius 3 is 1.49 bits per heavy atom. The number of carbonyl (C=O) groups is 8. The number of hydrogen-bond donors (Lipinski definition) is 3. The molecule has 5 N–H and O–H groups in total. The first-order valence-corrected chi connectivity index (χ1v) is 28.4. The molecule has 0 aromatic heterocycles. The van der Waals surface area contributed by atoms with Crippen LogP contribution in [-0.4, -0.2) is 222 Å². The fourth-order valence-corrected chi connectivity index (χ4v) is 9.33. The highest BCUT2D eigenvalue weighted by atomic mass is 32.2. The van der Waals surface area contributed by atoms with Gasteiger partial charge >= 0.3 is 23.9 Å². The molecule has 4 amide bonds. The van der Waals surface area contributed by atoms with E-state index in [0.717, 1.165) is 16.0 Å². The molecule has 1 fully saturated rings. The lowest BCUT2D eigenvalue weighted by atomic mass is 9.93. The Bertz CT molecular complexity index is 2110. The number of unbranched alkanes of at least 4 members (excludes halogenated alkanes) is 1. The van der Waals surface area contributed by atoms with E-state index in [2.05, 4.69) is 5.32 Å². The molecule has 0 bridgehead atoms. The summed E-state index contributed by atoms with van der Waals surface area (Å²) < 4.78 is 22.8. The fraction of sp³-hybridized carbons (Fsp3) is 0.745. The first-order chi connectivity index (χ1) is 35.8. The van der Waals surface area contributed by atoms with E-state index >= 15 is 0 Å². The lowest BCUT2D eigenvalue weighted by Crippen LogP contribution is -2.58. The summed E-state index contributed by atoms with van der Waals surface area (Å²) in [5, 5.41) is 2.89. The van der Waals surface area contributed by atoms with Crippen LogP contribution in [0.4, 0.5) is 0 Å². The van der Waals surface area contributed by atoms with Crippen molar-refractivity contribution in [2.24, 2.45) is 11.5 Å². The van der Waals surface area contributed by atoms with Gasteiger partial charge in [0, 0.05) is 71.0 Å². The van der Waals surface area contributed by atoms with E-state index in [1.807, 2.05) is 94.2 Å². The van der Waals surface area contributed by atoms with Gasteiger partial charge in [-0.1, -0.05) is 12.1 Å². The third-order valence-corrected chi connectivity index (χ3v) is 12.9. The van der Waals surface area contributed by atoms with Crippen molar-refractivity contribution in [3.05, 3.63) is 34.9 Å². The molecule has 0 unspecified atom stereocenters. The minimum absolute atomic E-state index is 0.00610. The largest absolute Gasteiger partial charge is 0.459 e. The third kappa shape index (κ3) is 24.9. The number of benzene rings is 1. The number of rotatable bonds is 21. The molecule has 0 saturated carbocycles. The lowest BCUT2D eigenvalue weighted by molar-refractivity contribution is -0.169. The van der Waals surface area contributed by atoms with Crippen molar-refractivity contribution in [2.75, 3.05) is 110 Å². The molecule has 1 aromatic carbocycles. The molecule has 2 heterocycles. The first-order valence-electron chi connectivity index (χ1n) is 27.0. The maximum absolute atomic E-state index is 14.5. The molecule has 1 aromatic rings. The van der Waals surface area contributed by atoms with Crippen LogP contribution >= 0.6 is 11.8 Å². The number of esters is 4. The molecule has 436 valence electrons. The summed E-state index contributed by atoms with van der Waals surface area (Å²) in [5.41, 5.74) is 10.4. The monoisotopic (exact) mass is 1100 g/mol. The highest BCUT2D eigenvalue weighted by Crippen LogP contribution is 2.25. The minimum Gasteiger partial charge on any atom is -0.459 e. The van der Waals surface area contributed by atoms with E-state index in [9.17, 15) is 38.4 Å². The molecule has 2 aliphatic heterocycles. The second kappa shape index (κ2) is 30.6. The molecule has 1 saturated heterocycles. The Labute approximate surface area is 462 Å². The molecule has 3 rings (SSSR count). The van der Waals surface area contributed by atoms with Gasteiger partial charge in [0.25, 0.3) is 11.8 Å². The second-order valence-corrected chi connectivity index (χ2v) is 24.8. The summed E-state index contributed by atoms with van der Waals surface area (Å²) in [4.78, 5) is 121. The molecule has 0 spiro atoms. The summed E-state index contributed by atoms with van der Waals surface area (Å²) in [6, 6.07) is 2.77. The van der Waals surface area contributed by atoms with Crippen LogP contribution in [0, 0.1) is 0 Å². The molecule has 21 nitrogen and oxygen atoms in total. The topological polar surface area (TPSA) is 257 Å². The predicted molar refractivity (Wildman–Crippen MR) is 297 cm³/mol. The Hall–Kier alpha value is -4.71. The van der Waals surface area contributed by atoms with E-state index in [1.54, 1.807) is 37.8 Å². The molecule has 0 aliphatic carbocycles. The average molecular weight is 1100 g/mol. The zero-order valence-electron chi connectivity index (χ0n) is 48.6. The van der Waals surface area contributed by atoms with Gasteiger partial charge in [-0.15, -0.1) is 0 Å². The molecular formula is C55H93N9O12S. The second-order valence-electron chi connectivity index (χ2n) is 23.8. The summed E-state index contributed by atoms with van der Waals surface area (Å²) in [6.45, 7) is 24.8. The maximum atomic E-state index is 14.5. The van der Waals surface area contributed by atoms with Gasteiger partial charge in [-0.05, 0) is 151 Å². The third-order valence-electron chi connectivity index (χ3n) is 12.3. The zero-order chi connectivity index (χ0) is 57.9. The van der Waals surface area contributed by atoms with Crippen molar-refractivity contribution in [3.8, 4) is 0 Å². The summed E-state index contributed by atoms with van der Waals surface area (Å²) in [5.74, 6) is -3.75. The SMILES string of the molecule is CSCC[C@H](NC(=O)c1cccc2c1CCN(C(=O)CN1CCN(CC(=O)OC(C)(C)C)CCN(CC(=O)OC(C)(C)C)CCN(CC(=O)OC(C)(C)C)CC1)C2)C(=O)N(C(=O)CN)[C@@H](CCCCN)C(=O)OC(C)(C)C. The maximum Gasteiger partial charge on any atom is 0.329 e. The summed E-state index contributed by atoms with van der Waals surface area (Å²) in [7, 11) is 0. The molecule has 2 aliphatic rings. The highest BCUT2D eigenvalue weighted by Gasteiger charge is 2.40. The molecular weight excluding hydrogens is 1010 g/mol. The Morgan fingerprint density at radius 2 is 1.08 bits per heavy atom. The number of fused-ring (bicyclic) bond motifs is 1. The number of nitrogens with two attached hydrogens (primary N) is 2. The van der Waals surface area contributed by atoms with Gasteiger partial charge in [0.05, 0.1) is 32.7 Å². The summed E-state index contributed by atoms with van der Waals surface area (Å²) in [6.07, 6.45) is 3.41. The highest BCUT2D eigenvalue weighted by molar-refractivity contribution is 7.98. The van der Waals surface area contributed by atoms with Crippen LogP contribution in [0.5, 0.6) is 0 Å². The number of nitrogens with one attached hydrogen (secondary N) is 1. The van der Waals surface area contributed by atoms with Crippen LogP contribution in [0.3, 0.4) is 0 Å². The standard InChI is InChI=1S/C55H93N9O12S/c1-52(2,3)73-46(67)36-60-26-24-59(25-27-61(37-47(68)74-53(4,5)6)29-31-62(30-28-60)38-48(69)75-54(7,8)9)35-45(66)63-23-20-40-39(34-63)17-16-18-41(40)49(70)58-42(21-32-77-13)50(71)64(44(65)33-57)43(19-14-15-22-56)51(72)76-55(10,11)12/h16-18,42-43H,14-15,19-38,56-57H2,1-13H3,(H,58,70)/t42-,43-/m0/s1. The summed E-state index contributed by atoms with van der Waals surface area (Å²) >= 11 is 1.45. The van der Waals surface area contributed by atoms with Gasteiger partial charge in [-0.3, -0.25) is 58.1 Å². The Kier molecular flexibility index (Phi) is 26.5. The molecule has 77 heavy (non-hydrogen) atoms. The van der Waals surface area contributed by atoms with Gasteiger partial charge in [-0.25, -0.2) is 4.79 Å². The van der Waals surface area contributed by atoms with Crippen LogP contribution in [0.2, 0.25) is 0 Å². The van der Waals surface area contributed by atoms with Gasteiger partial charge in [0.1, 0.15) is 34.5 Å². The van der Waals surface area contributed by atoms with Crippen LogP contribution in [0.1, 0.15) is 130 Å². The number of carbonyl (C=O) groups excluding carboxylic acids is 8. The Morgan fingerprint density at radius 1 is 0.623 bits per heavy atom. The number of ether oxygens (including phenoxy) is 4. The van der Waals surface area contributed by atoms with Crippen molar-refractivity contribution in [1.82, 2.24) is 34.7 Å². The fourth-order valence-electron chi connectivity index (χ4n) is 8.86. The number of amides is 4. The number of imide groups is 1. The van der Waals surface area contributed by atoms with Crippen molar-refractivity contribution in [3.63, 3.8) is 0 Å². The van der Waals surface area contributed by atoms with Crippen LogP contribution in [0.25, 0.3) is 0 Å². The van der Waals surface area contributed by atoms with Gasteiger partial charge in [0.15, 0.2) is 0 Å². The van der Waals surface area contributed by atoms with Crippen LogP contribution in [0.15, 0.2) is 18.2 Å². The van der Waals surface area contributed by atoms with E-state index in [4.69, 9.17) is 30.4 Å². The average Bonchev–Trinajstić information content (AvgIpc) is 3.30. The van der Waals surface area contributed by atoms with Gasteiger partial charge < -0.3 is 40.6 Å². The number of nitrogens with zero attached hydrogens (tertiary/aromatic N) is 6. The molecule has 22 heteroatoms. The predicted octanol–water partition coefficient (Wildman–Crippen LogP) is 2.82. The first kappa shape index (κ1) is 66.6. The van der Waals surface area contributed by atoms with E-state index in [1.165, 1.54) is 11.8 Å². The quantitative estimate of drug-likeness (QED) is 0.0909. The van der Waals surface area contributed by atoms with Crippen molar-refractivity contribution >= 4 is 59.3 Å². The molecule has 0 radical (unpaired) electrons. The van der Waals surface area contributed by atoms with Crippen LogP contribution in [-0.2, 0) is 65.5 Å². The van der Waals surface area contributed by atoms with E-state index in [-0.39, 0.29) is 57.4 Å². The number of thioether (sulfide) groups is 1. The van der Waals surface area contributed by atoms with E-state index < -0.39 is 76.7 Å². The van der Waals surface area contributed by atoms with Crippen molar-refractivity contribution in [1.29, 1.82) is 0 Å². The zero-order valence-corrected chi connectivity index (χ0v) is 49.4. The Balaban J connectivity index is 1.91. The minimum atomic E-state index is -1.29. The number of hydrogen-bond acceptors (Lipinski definition) is 19. The lowest BCUT2D eigenvalue weighted by Gasteiger charge is -2.35. The van der Waals surface area contributed by atoms with Crippen molar-refractivity contribution in [2.45, 2.75) is 156 Å².